The van der Waals surface area contributed by atoms with Gasteiger partial charge in [-0.15, -0.1) is 11.3 Å². The van der Waals surface area contributed by atoms with Crippen LogP contribution in [0.5, 0.6) is 0 Å². The van der Waals surface area contributed by atoms with Gasteiger partial charge < -0.3 is 9.80 Å². The molecule has 12 rings (SSSR count). The molecule has 0 N–H and O–H groups in total. The first-order valence-corrected chi connectivity index (χ1v) is 23.4. The number of fused-ring (bicyclic) bond motifs is 12. The van der Waals surface area contributed by atoms with Gasteiger partial charge >= 0.3 is 0 Å². The summed E-state index contributed by atoms with van der Waals surface area (Å²) in [6.07, 6.45) is 3.97. The number of anilines is 6. The van der Waals surface area contributed by atoms with E-state index in [0.29, 0.717) is 0 Å². The molecule has 2 nitrogen and oxygen atoms in total. The van der Waals surface area contributed by atoms with E-state index in [-0.39, 0.29) is 6.71 Å². The molecule has 0 saturated carbocycles. The van der Waals surface area contributed by atoms with Crippen molar-refractivity contribution in [1.82, 2.24) is 0 Å². The highest BCUT2D eigenvalue weighted by molar-refractivity contribution is 7.33. The van der Waals surface area contributed by atoms with Crippen molar-refractivity contribution in [2.45, 2.75) is 53.4 Å². The lowest BCUT2D eigenvalue weighted by molar-refractivity contribution is 1.13. The smallest absolute Gasteiger partial charge is 0.264 e. The molecule has 0 spiro atoms. The summed E-state index contributed by atoms with van der Waals surface area (Å²) in [7, 11) is 0. The topological polar surface area (TPSA) is 6.48 Å². The van der Waals surface area contributed by atoms with Crippen molar-refractivity contribution in [2.24, 2.45) is 0 Å². The Balaban J connectivity index is 1.18. The Hall–Kier alpha value is -6.62. The molecule has 2 aliphatic rings. The van der Waals surface area contributed by atoms with Crippen molar-refractivity contribution in [3.05, 3.63) is 186 Å². The number of hydrogen-bond donors (Lipinski definition) is 0. The normalized spacial score (nSPS) is 13.0. The minimum Gasteiger partial charge on any atom is -0.311 e. The fourth-order valence-corrected chi connectivity index (χ4v) is 12.1. The zero-order chi connectivity index (χ0) is 41.6. The first-order valence-electron chi connectivity index (χ1n) is 22.5. The Morgan fingerprint density at radius 1 is 0.419 bits per heavy atom. The third kappa shape index (κ3) is 5.42. The van der Waals surface area contributed by atoms with E-state index in [1.165, 1.54) is 126 Å². The molecule has 0 unspecified atom stereocenters. The van der Waals surface area contributed by atoms with Crippen LogP contribution in [-0.2, 0) is 25.7 Å². The zero-order valence-electron chi connectivity index (χ0n) is 35.8. The summed E-state index contributed by atoms with van der Waals surface area (Å²) in [5.41, 5.74) is 18.2. The molecular formula is C58H47BN2S. The van der Waals surface area contributed by atoms with E-state index in [4.69, 9.17) is 0 Å². The second-order valence-corrected chi connectivity index (χ2v) is 18.2. The van der Waals surface area contributed by atoms with Gasteiger partial charge in [-0.05, 0) is 151 Å². The van der Waals surface area contributed by atoms with Gasteiger partial charge in [0.05, 0.1) is 11.4 Å². The van der Waals surface area contributed by atoms with Gasteiger partial charge in [-0.3, -0.25) is 0 Å². The van der Waals surface area contributed by atoms with Gasteiger partial charge in [0.15, 0.2) is 0 Å². The van der Waals surface area contributed by atoms with Crippen LogP contribution >= 0.6 is 11.3 Å². The van der Waals surface area contributed by atoms with E-state index in [1.807, 2.05) is 11.3 Å². The van der Waals surface area contributed by atoms with Gasteiger partial charge in [-0.2, -0.15) is 0 Å². The molecule has 0 bridgehead atoms. The van der Waals surface area contributed by atoms with E-state index in [2.05, 4.69) is 201 Å². The Labute approximate surface area is 368 Å². The molecule has 4 heteroatoms. The van der Waals surface area contributed by atoms with Crippen molar-refractivity contribution in [3.63, 3.8) is 0 Å². The number of rotatable bonds is 7. The quantitative estimate of drug-likeness (QED) is 0.117. The second-order valence-electron chi connectivity index (χ2n) is 17.1. The predicted molar refractivity (Wildman–Crippen MR) is 271 cm³/mol. The van der Waals surface area contributed by atoms with Gasteiger partial charge in [-0.25, -0.2) is 0 Å². The minimum atomic E-state index is 0.0915. The molecule has 0 radical (unpaired) electrons. The number of hydrogen-bond acceptors (Lipinski definition) is 3. The van der Waals surface area contributed by atoms with E-state index in [0.717, 1.165) is 25.7 Å². The summed E-state index contributed by atoms with van der Waals surface area (Å²) in [6.45, 7) is 9.17. The maximum absolute atomic E-state index is 2.62. The van der Waals surface area contributed by atoms with Crippen LogP contribution in [0.4, 0.5) is 34.1 Å². The van der Waals surface area contributed by atoms with Crippen LogP contribution in [0, 0.1) is 0 Å². The highest BCUT2D eigenvalue weighted by Crippen LogP contribution is 2.51. The molecular weight excluding hydrogens is 768 g/mol. The SMILES string of the molecule is CCc1ccc(N2c3cccc4c3B(c3cc(CC)ccc3N4c3ccc(CC)cc3-c3cccc4c5ccccc5c5ccccc5c34)c3sc4ccc(CC)cc4c32)cc1. The summed E-state index contributed by atoms with van der Waals surface area (Å²) < 4.78 is 2.77. The standard InChI is InChI=1S/C58H47BN2S/c1-5-36-23-28-40(29-24-36)60-52-21-14-22-53-56(52)59(58-57(60)48-34-38(7-3)27-32-54(48)62-58)49-35-39(8-4)26-31-51(49)61(53)50-30-25-37(6-2)33-47(50)46-20-13-19-45-43-16-10-9-15-41(43)42-17-11-12-18-44(42)55(45)46/h9-35H,5-8H2,1-4H3. The second kappa shape index (κ2) is 14.5. The van der Waals surface area contributed by atoms with Gasteiger partial charge in [0.1, 0.15) is 0 Å². The van der Waals surface area contributed by atoms with Crippen molar-refractivity contribution in [1.29, 1.82) is 0 Å². The van der Waals surface area contributed by atoms with E-state index in [1.54, 1.807) is 0 Å². The largest absolute Gasteiger partial charge is 0.311 e. The van der Waals surface area contributed by atoms with Crippen molar-refractivity contribution in [3.8, 4) is 11.1 Å². The Bertz CT molecular complexity index is 3390. The maximum Gasteiger partial charge on any atom is 0.264 e. The van der Waals surface area contributed by atoms with E-state index >= 15 is 0 Å². The van der Waals surface area contributed by atoms with Crippen LogP contribution in [0.3, 0.4) is 0 Å². The number of benzene rings is 9. The first kappa shape index (κ1) is 37.2. The predicted octanol–water partition coefficient (Wildman–Crippen LogP) is 14.4. The lowest BCUT2D eigenvalue weighted by Gasteiger charge is -2.43. The summed E-state index contributed by atoms with van der Waals surface area (Å²) in [4.78, 5) is 5.21. The summed E-state index contributed by atoms with van der Waals surface area (Å²) in [5, 5.41) is 9.14. The van der Waals surface area contributed by atoms with Crippen LogP contribution in [0.25, 0.3) is 53.5 Å². The number of aryl methyl sites for hydroxylation is 4. The Kier molecular flexibility index (Phi) is 8.69. The zero-order valence-corrected chi connectivity index (χ0v) is 36.6. The molecule has 0 amide bonds. The minimum absolute atomic E-state index is 0.0915. The average molecular weight is 815 g/mol. The summed E-state index contributed by atoms with van der Waals surface area (Å²) in [6, 6.07) is 63.0. The van der Waals surface area contributed by atoms with Gasteiger partial charge in [0.2, 0.25) is 0 Å². The maximum atomic E-state index is 2.62. The average Bonchev–Trinajstić information content (AvgIpc) is 3.72. The molecule has 0 fully saturated rings. The van der Waals surface area contributed by atoms with Crippen LogP contribution in [0.2, 0.25) is 0 Å². The molecule has 62 heavy (non-hydrogen) atoms. The number of nitrogens with zero attached hydrogens (tertiary/aromatic N) is 2. The van der Waals surface area contributed by atoms with Crippen molar-refractivity contribution >= 4 is 110 Å². The molecule has 9 aromatic carbocycles. The molecule has 0 atom stereocenters. The first-order chi connectivity index (χ1) is 30.6. The lowest BCUT2D eigenvalue weighted by Crippen LogP contribution is -2.60. The Morgan fingerprint density at radius 3 is 1.66 bits per heavy atom. The van der Waals surface area contributed by atoms with Crippen LogP contribution in [0.1, 0.15) is 49.9 Å². The van der Waals surface area contributed by atoms with Gasteiger partial charge in [-0.1, -0.05) is 137 Å². The number of thiophene rings is 1. The third-order valence-electron chi connectivity index (χ3n) is 13.9. The molecule has 298 valence electrons. The fraction of sp³-hybridized carbons (Fsp3) is 0.138. The molecule has 3 heterocycles. The van der Waals surface area contributed by atoms with Crippen LogP contribution in [0.15, 0.2) is 164 Å². The highest BCUT2D eigenvalue weighted by atomic mass is 32.1. The Morgan fingerprint density at radius 2 is 0.968 bits per heavy atom. The fourth-order valence-electron chi connectivity index (χ4n) is 10.8. The van der Waals surface area contributed by atoms with Crippen molar-refractivity contribution in [2.75, 3.05) is 9.80 Å². The third-order valence-corrected chi connectivity index (χ3v) is 15.1. The monoisotopic (exact) mass is 814 g/mol. The summed E-state index contributed by atoms with van der Waals surface area (Å²) in [5.74, 6) is 0. The molecule has 0 saturated heterocycles. The van der Waals surface area contributed by atoms with Crippen molar-refractivity contribution < 1.29 is 0 Å². The van der Waals surface area contributed by atoms with Gasteiger partial charge in [0.25, 0.3) is 6.71 Å². The van der Waals surface area contributed by atoms with E-state index < -0.39 is 0 Å². The van der Waals surface area contributed by atoms with Gasteiger partial charge in [0, 0.05) is 43.2 Å². The molecule has 1 aromatic heterocycles. The lowest BCUT2D eigenvalue weighted by atomic mass is 9.36. The van der Waals surface area contributed by atoms with E-state index in [9.17, 15) is 0 Å². The van der Waals surface area contributed by atoms with Crippen LogP contribution < -0.4 is 25.5 Å². The molecule has 0 aliphatic carbocycles. The molecule has 2 aliphatic heterocycles. The van der Waals surface area contributed by atoms with Crippen LogP contribution in [-0.4, -0.2) is 6.71 Å². The molecule has 10 aromatic rings. The highest BCUT2D eigenvalue weighted by Gasteiger charge is 2.45. The summed E-state index contributed by atoms with van der Waals surface area (Å²) >= 11 is 1.99.